The van der Waals surface area contributed by atoms with Gasteiger partial charge in [0, 0.05) is 6.04 Å². The second-order valence-electron chi connectivity index (χ2n) is 5.70. The Kier molecular flexibility index (Phi) is 4.08. The minimum absolute atomic E-state index is 0.151. The Morgan fingerprint density at radius 2 is 1.86 bits per heavy atom. The van der Waals surface area contributed by atoms with Gasteiger partial charge in [-0.05, 0) is 18.4 Å². The minimum Gasteiger partial charge on any atom is -0.439 e. The van der Waals surface area contributed by atoms with Gasteiger partial charge < -0.3 is 15.4 Å². The summed E-state index contributed by atoms with van der Waals surface area (Å²) >= 11 is 0. The van der Waals surface area contributed by atoms with Gasteiger partial charge in [-0.2, -0.15) is 0 Å². The standard InChI is InChI=1S/C16H20N2O3/c19-15(17-12-9-5-2-6-10-12)13-14(21-16(20)18-13)11-7-3-1-4-8-11/h1,3-4,7-8,12-14H,2,5-6,9-10H2,(H,17,19)(H,18,20). The summed E-state index contributed by atoms with van der Waals surface area (Å²) in [4.78, 5) is 24.0. The molecule has 0 radical (unpaired) electrons. The van der Waals surface area contributed by atoms with Crippen molar-refractivity contribution >= 4 is 12.0 Å². The van der Waals surface area contributed by atoms with E-state index in [0.29, 0.717) is 0 Å². The van der Waals surface area contributed by atoms with Crippen LogP contribution in [0.15, 0.2) is 30.3 Å². The summed E-state index contributed by atoms with van der Waals surface area (Å²) in [5, 5.41) is 5.67. The normalized spacial score (nSPS) is 26.0. The van der Waals surface area contributed by atoms with E-state index in [1.54, 1.807) is 0 Å². The summed E-state index contributed by atoms with van der Waals surface area (Å²) in [6, 6.07) is 8.94. The van der Waals surface area contributed by atoms with E-state index in [1.807, 2.05) is 30.3 Å². The lowest BCUT2D eigenvalue weighted by molar-refractivity contribution is -0.125. The summed E-state index contributed by atoms with van der Waals surface area (Å²) < 4.78 is 5.26. The van der Waals surface area contributed by atoms with Gasteiger partial charge in [-0.15, -0.1) is 0 Å². The number of carbonyl (C=O) groups is 2. The molecule has 5 nitrogen and oxygen atoms in total. The van der Waals surface area contributed by atoms with Crippen molar-refractivity contribution in [1.29, 1.82) is 0 Å². The highest BCUT2D eigenvalue weighted by Gasteiger charge is 2.40. The van der Waals surface area contributed by atoms with Gasteiger partial charge in [0.1, 0.15) is 0 Å². The molecule has 2 amide bonds. The number of ether oxygens (including phenoxy) is 1. The Labute approximate surface area is 124 Å². The first-order valence-corrected chi connectivity index (χ1v) is 7.56. The molecule has 1 aliphatic carbocycles. The third kappa shape index (κ3) is 3.17. The molecule has 3 rings (SSSR count). The molecular weight excluding hydrogens is 268 g/mol. The summed E-state index contributed by atoms with van der Waals surface area (Å²) in [6.45, 7) is 0. The van der Waals surface area contributed by atoms with Gasteiger partial charge in [0.15, 0.2) is 12.1 Å². The number of hydrogen-bond acceptors (Lipinski definition) is 3. The highest BCUT2D eigenvalue weighted by atomic mass is 16.6. The van der Waals surface area contributed by atoms with E-state index in [0.717, 1.165) is 31.2 Å². The van der Waals surface area contributed by atoms with Gasteiger partial charge in [0.05, 0.1) is 0 Å². The van der Waals surface area contributed by atoms with Gasteiger partial charge >= 0.3 is 6.09 Å². The molecule has 112 valence electrons. The van der Waals surface area contributed by atoms with Crippen LogP contribution in [0, 0.1) is 0 Å². The van der Waals surface area contributed by atoms with Crippen LogP contribution in [0.3, 0.4) is 0 Å². The van der Waals surface area contributed by atoms with Crippen molar-refractivity contribution in [2.24, 2.45) is 0 Å². The van der Waals surface area contributed by atoms with Crippen LogP contribution in [0.25, 0.3) is 0 Å². The maximum Gasteiger partial charge on any atom is 0.408 e. The van der Waals surface area contributed by atoms with Gasteiger partial charge in [0.2, 0.25) is 5.91 Å². The number of rotatable bonds is 3. The Morgan fingerprint density at radius 3 is 2.57 bits per heavy atom. The molecule has 2 atom stereocenters. The maximum atomic E-state index is 12.4. The number of amides is 2. The van der Waals surface area contributed by atoms with E-state index in [4.69, 9.17) is 4.74 Å². The lowest BCUT2D eigenvalue weighted by Gasteiger charge is -2.25. The van der Waals surface area contributed by atoms with Crippen LogP contribution in [0.4, 0.5) is 4.79 Å². The molecule has 1 saturated carbocycles. The average Bonchev–Trinajstić information content (AvgIpc) is 2.91. The smallest absolute Gasteiger partial charge is 0.408 e. The summed E-state index contributed by atoms with van der Waals surface area (Å²) in [5.74, 6) is -0.151. The molecule has 21 heavy (non-hydrogen) atoms. The zero-order valence-corrected chi connectivity index (χ0v) is 11.9. The second-order valence-corrected chi connectivity index (χ2v) is 5.70. The van der Waals surface area contributed by atoms with Crippen molar-refractivity contribution in [2.45, 2.75) is 50.3 Å². The van der Waals surface area contributed by atoms with Crippen molar-refractivity contribution < 1.29 is 14.3 Å². The molecule has 2 aliphatic rings. The number of hydrogen-bond donors (Lipinski definition) is 2. The van der Waals surface area contributed by atoms with E-state index < -0.39 is 18.2 Å². The fraction of sp³-hybridized carbons (Fsp3) is 0.500. The Balaban J connectivity index is 1.69. The van der Waals surface area contributed by atoms with E-state index >= 15 is 0 Å². The predicted molar refractivity (Wildman–Crippen MR) is 77.6 cm³/mol. The lowest BCUT2D eigenvalue weighted by Crippen LogP contribution is -2.48. The average molecular weight is 288 g/mol. The quantitative estimate of drug-likeness (QED) is 0.896. The van der Waals surface area contributed by atoms with Crippen molar-refractivity contribution in [1.82, 2.24) is 10.6 Å². The zero-order chi connectivity index (χ0) is 14.7. The molecule has 1 aliphatic heterocycles. The molecule has 0 aromatic heterocycles. The molecule has 0 bridgehead atoms. The van der Waals surface area contributed by atoms with Crippen molar-refractivity contribution in [3.63, 3.8) is 0 Å². The molecule has 1 saturated heterocycles. The van der Waals surface area contributed by atoms with E-state index in [2.05, 4.69) is 10.6 Å². The van der Waals surface area contributed by atoms with Crippen LogP contribution >= 0.6 is 0 Å². The van der Waals surface area contributed by atoms with Crippen LogP contribution in [0.2, 0.25) is 0 Å². The fourth-order valence-electron chi connectivity index (χ4n) is 3.06. The van der Waals surface area contributed by atoms with Crippen LogP contribution in [-0.4, -0.2) is 24.1 Å². The molecule has 2 fully saturated rings. The lowest BCUT2D eigenvalue weighted by atomic mass is 9.94. The number of alkyl carbamates (subject to hydrolysis) is 1. The highest BCUT2D eigenvalue weighted by molar-refractivity contribution is 5.89. The number of nitrogens with one attached hydrogen (secondary N) is 2. The number of carbonyl (C=O) groups excluding carboxylic acids is 2. The van der Waals surface area contributed by atoms with E-state index in [1.165, 1.54) is 6.42 Å². The molecule has 2 N–H and O–H groups in total. The first-order valence-electron chi connectivity index (χ1n) is 7.56. The molecule has 1 heterocycles. The Bertz CT molecular complexity index is 512. The van der Waals surface area contributed by atoms with Crippen molar-refractivity contribution in [3.05, 3.63) is 35.9 Å². The number of benzene rings is 1. The largest absolute Gasteiger partial charge is 0.439 e. The van der Waals surface area contributed by atoms with E-state index in [-0.39, 0.29) is 11.9 Å². The predicted octanol–water partition coefficient (Wildman–Crippen LogP) is 2.29. The minimum atomic E-state index is -0.651. The summed E-state index contributed by atoms with van der Waals surface area (Å²) in [7, 11) is 0. The van der Waals surface area contributed by atoms with Gasteiger partial charge in [-0.25, -0.2) is 4.79 Å². The van der Waals surface area contributed by atoms with Gasteiger partial charge in [-0.3, -0.25) is 4.79 Å². The van der Waals surface area contributed by atoms with Crippen molar-refractivity contribution in [2.75, 3.05) is 0 Å². The molecule has 5 heteroatoms. The first-order chi connectivity index (χ1) is 10.2. The first kappa shape index (κ1) is 13.9. The highest BCUT2D eigenvalue weighted by Crippen LogP contribution is 2.27. The van der Waals surface area contributed by atoms with Crippen LogP contribution in [-0.2, 0) is 9.53 Å². The third-order valence-electron chi connectivity index (χ3n) is 4.17. The van der Waals surface area contributed by atoms with Crippen molar-refractivity contribution in [3.8, 4) is 0 Å². The molecule has 2 unspecified atom stereocenters. The molecule has 1 aromatic rings. The Morgan fingerprint density at radius 1 is 1.14 bits per heavy atom. The molecule has 1 aromatic carbocycles. The van der Waals surface area contributed by atoms with Gasteiger partial charge in [0.25, 0.3) is 0 Å². The summed E-state index contributed by atoms with van der Waals surface area (Å²) in [5.41, 5.74) is 0.833. The number of cyclic esters (lactones) is 1. The van der Waals surface area contributed by atoms with Gasteiger partial charge in [-0.1, -0.05) is 49.6 Å². The van der Waals surface area contributed by atoms with Crippen LogP contribution in [0.1, 0.15) is 43.8 Å². The third-order valence-corrected chi connectivity index (χ3v) is 4.17. The monoisotopic (exact) mass is 288 g/mol. The molecular formula is C16H20N2O3. The van der Waals surface area contributed by atoms with Crippen LogP contribution < -0.4 is 10.6 Å². The SMILES string of the molecule is O=C1NC(C(=O)NC2CCCCC2)C(c2ccccc2)O1. The summed E-state index contributed by atoms with van der Waals surface area (Å²) in [6.07, 6.45) is 4.49. The van der Waals surface area contributed by atoms with Crippen LogP contribution in [0.5, 0.6) is 0 Å². The zero-order valence-electron chi connectivity index (χ0n) is 11.9. The topological polar surface area (TPSA) is 67.4 Å². The van der Waals surface area contributed by atoms with E-state index in [9.17, 15) is 9.59 Å². The second kappa shape index (κ2) is 6.16. The molecule has 0 spiro atoms. The maximum absolute atomic E-state index is 12.4. The fourth-order valence-corrected chi connectivity index (χ4v) is 3.06. The Hall–Kier alpha value is -2.04.